The van der Waals surface area contributed by atoms with Crippen LogP contribution >= 0.6 is 0 Å². The van der Waals surface area contributed by atoms with Gasteiger partial charge in [-0.15, -0.1) is 0 Å². The molecule has 1 fully saturated rings. The summed E-state index contributed by atoms with van der Waals surface area (Å²) in [5.41, 5.74) is 2.55. The number of pyridine rings is 1. The molecule has 2 aromatic heterocycles. The van der Waals surface area contributed by atoms with Crippen LogP contribution in [0.15, 0.2) is 12.3 Å². The highest BCUT2D eigenvalue weighted by Gasteiger charge is 2.21. The molecule has 1 amide bonds. The van der Waals surface area contributed by atoms with Gasteiger partial charge in [0.15, 0.2) is 5.65 Å². The van der Waals surface area contributed by atoms with Crippen molar-refractivity contribution in [2.24, 2.45) is 13.0 Å². The molecule has 3 rings (SSSR count). The minimum Gasteiger partial charge on any atom is -0.324 e. The van der Waals surface area contributed by atoms with Crippen LogP contribution in [-0.4, -0.2) is 20.7 Å². The van der Waals surface area contributed by atoms with Crippen molar-refractivity contribution in [1.82, 2.24) is 14.8 Å². The predicted molar refractivity (Wildman–Crippen MR) is 78.5 cm³/mol. The molecular weight excluding hydrogens is 252 g/mol. The first-order valence-electron chi connectivity index (χ1n) is 7.25. The zero-order valence-electron chi connectivity index (χ0n) is 12.0. The molecule has 20 heavy (non-hydrogen) atoms. The number of hydrogen-bond donors (Lipinski definition) is 1. The topological polar surface area (TPSA) is 59.8 Å². The SMILES string of the molecule is Cc1nn(C)c2ncc(NC(=O)C3CCCCC3)cc12. The van der Waals surface area contributed by atoms with E-state index in [0.29, 0.717) is 0 Å². The van der Waals surface area contributed by atoms with E-state index in [1.807, 2.05) is 20.0 Å². The number of rotatable bonds is 2. The summed E-state index contributed by atoms with van der Waals surface area (Å²) in [6.45, 7) is 1.96. The van der Waals surface area contributed by atoms with Crippen molar-refractivity contribution < 1.29 is 4.79 Å². The Morgan fingerprint density at radius 2 is 2.10 bits per heavy atom. The number of nitrogens with zero attached hydrogens (tertiary/aromatic N) is 3. The van der Waals surface area contributed by atoms with Gasteiger partial charge in [-0.05, 0) is 25.8 Å². The summed E-state index contributed by atoms with van der Waals surface area (Å²) >= 11 is 0. The molecule has 0 radical (unpaired) electrons. The lowest BCUT2D eigenvalue weighted by molar-refractivity contribution is -0.120. The summed E-state index contributed by atoms with van der Waals surface area (Å²) in [5.74, 6) is 0.293. The number of aryl methyl sites for hydroxylation is 2. The second-order valence-electron chi connectivity index (χ2n) is 5.63. The third-order valence-corrected chi connectivity index (χ3v) is 4.11. The van der Waals surface area contributed by atoms with Gasteiger partial charge in [0.25, 0.3) is 0 Å². The van der Waals surface area contributed by atoms with E-state index in [9.17, 15) is 4.79 Å². The van der Waals surface area contributed by atoms with Crippen LogP contribution in [0.2, 0.25) is 0 Å². The predicted octanol–water partition coefficient (Wildman–Crippen LogP) is 2.80. The van der Waals surface area contributed by atoms with Gasteiger partial charge in [0, 0.05) is 18.4 Å². The van der Waals surface area contributed by atoms with Gasteiger partial charge in [-0.25, -0.2) is 4.98 Å². The molecule has 1 saturated carbocycles. The highest BCUT2D eigenvalue weighted by molar-refractivity contribution is 5.94. The Labute approximate surface area is 118 Å². The largest absolute Gasteiger partial charge is 0.324 e. The molecule has 5 heteroatoms. The third-order valence-electron chi connectivity index (χ3n) is 4.11. The molecule has 0 aliphatic heterocycles. The number of amides is 1. The zero-order chi connectivity index (χ0) is 14.1. The molecule has 5 nitrogen and oxygen atoms in total. The van der Waals surface area contributed by atoms with E-state index in [1.54, 1.807) is 10.9 Å². The summed E-state index contributed by atoms with van der Waals surface area (Å²) in [6.07, 6.45) is 7.31. The van der Waals surface area contributed by atoms with Gasteiger partial charge in [-0.3, -0.25) is 9.48 Å². The van der Waals surface area contributed by atoms with Gasteiger partial charge in [0.1, 0.15) is 0 Å². The van der Waals surface area contributed by atoms with E-state index >= 15 is 0 Å². The van der Waals surface area contributed by atoms with Crippen LogP contribution in [-0.2, 0) is 11.8 Å². The number of hydrogen-bond acceptors (Lipinski definition) is 3. The number of fused-ring (bicyclic) bond motifs is 1. The van der Waals surface area contributed by atoms with E-state index in [4.69, 9.17) is 0 Å². The lowest BCUT2D eigenvalue weighted by Gasteiger charge is -2.20. The normalized spacial score (nSPS) is 16.5. The maximum atomic E-state index is 12.2. The van der Waals surface area contributed by atoms with Crippen molar-refractivity contribution in [3.8, 4) is 0 Å². The molecule has 1 aliphatic rings. The second kappa shape index (κ2) is 5.23. The summed E-state index contributed by atoms with van der Waals surface area (Å²) in [4.78, 5) is 16.6. The quantitative estimate of drug-likeness (QED) is 0.914. The highest BCUT2D eigenvalue weighted by Crippen LogP contribution is 2.25. The fourth-order valence-corrected chi connectivity index (χ4v) is 2.99. The summed E-state index contributed by atoms with van der Waals surface area (Å²) < 4.78 is 1.76. The van der Waals surface area contributed by atoms with Gasteiger partial charge in [-0.1, -0.05) is 19.3 Å². The minimum atomic E-state index is 0.132. The Balaban J connectivity index is 1.80. The van der Waals surface area contributed by atoms with E-state index < -0.39 is 0 Å². The number of carbonyl (C=O) groups is 1. The van der Waals surface area contributed by atoms with E-state index in [2.05, 4.69) is 15.4 Å². The molecule has 1 N–H and O–H groups in total. The maximum Gasteiger partial charge on any atom is 0.227 e. The summed E-state index contributed by atoms with van der Waals surface area (Å²) in [5, 5.41) is 8.34. The van der Waals surface area contributed by atoms with Gasteiger partial charge in [-0.2, -0.15) is 5.10 Å². The Morgan fingerprint density at radius 1 is 1.35 bits per heavy atom. The van der Waals surface area contributed by atoms with Crippen molar-refractivity contribution in [2.45, 2.75) is 39.0 Å². The van der Waals surface area contributed by atoms with Gasteiger partial charge in [0.05, 0.1) is 17.6 Å². The number of anilines is 1. The van der Waals surface area contributed by atoms with Crippen LogP contribution in [0.5, 0.6) is 0 Å². The number of aromatic nitrogens is 3. The number of carbonyl (C=O) groups excluding carboxylic acids is 1. The average Bonchev–Trinajstić information content (AvgIpc) is 2.75. The van der Waals surface area contributed by atoms with Crippen molar-refractivity contribution >= 4 is 22.6 Å². The first kappa shape index (κ1) is 13.1. The van der Waals surface area contributed by atoms with E-state index in [1.165, 1.54) is 6.42 Å². The van der Waals surface area contributed by atoms with E-state index in [-0.39, 0.29) is 11.8 Å². The fraction of sp³-hybridized carbons (Fsp3) is 0.533. The lowest BCUT2D eigenvalue weighted by atomic mass is 9.88. The van der Waals surface area contributed by atoms with Crippen molar-refractivity contribution in [3.05, 3.63) is 18.0 Å². The first-order chi connectivity index (χ1) is 9.65. The molecule has 0 atom stereocenters. The molecule has 0 aromatic carbocycles. The lowest BCUT2D eigenvalue weighted by Crippen LogP contribution is -2.24. The Bertz CT molecular complexity index is 641. The molecule has 2 heterocycles. The van der Waals surface area contributed by atoms with Crippen molar-refractivity contribution in [3.63, 3.8) is 0 Å². The van der Waals surface area contributed by atoms with Gasteiger partial charge in [0.2, 0.25) is 5.91 Å². The van der Waals surface area contributed by atoms with E-state index in [0.717, 1.165) is 48.1 Å². The molecule has 0 unspecified atom stereocenters. The molecular formula is C15H20N4O. The van der Waals surface area contributed by atoms with Crippen molar-refractivity contribution in [1.29, 1.82) is 0 Å². The molecule has 0 spiro atoms. The Hall–Kier alpha value is -1.91. The third kappa shape index (κ3) is 2.40. The Kier molecular flexibility index (Phi) is 3.42. The molecule has 1 aliphatic carbocycles. The summed E-state index contributed by atoms with van der Waals surface area (Å²) in [7, 11) is 1.88. The number of nitrogens with one attached hydrogen (secondary N) is 1. The zero-order valence-corrected chi connectivity index (χ0v) is 12.0. The second-order valence-corrected chi connectivity index (χ2v) is 5.63. The van der Waals surface area contributed by atoms with Crippen molar-refractivity contribution in [2.75, 3.05) is 5.32 Å². The molecule has 0 saturated heterocycles. The van der Waals surface area contributed by atoms with Crippen LogP contribution in [0.1, 0.15) is 37.8 Å². The van der Waals surface area contributed by atoms with Crippen LogP contribution in [0.3, 0.4) is 0 Å². The Morgan fingerprint density at radius 3 is 2.85 bits per heavy atom. The average molecular weight is 272 g/mol. The molecule has 2 aromatic rings. The fourth-order valence-electron chi connectivity index (χ4n) is 2.99. The highest BCUT2D eigenvalue weighted by atomic mass is 16.1. The van der Waals surface area contributed by atoms with Crippen LogP contribution in [0.4, 0.5) is 5.69 Å². The summed E-state index contributed by atoms with van der Waals surface area (Å²) in [6, 6.07) is 1.96. The smallest absolute Gasteiger partial charge is 0.227 e. The molecule has 0 bridgehead atoms. The van der Waals surface area contributed by atoms with Gasteiger partial charge < -0.3 is 5.32 Å². The first-order valence-corrected chi connectivity index (χ1v) is 7.25. The maximum absolute atomic E-state index is 12.2. The standard InChI is InChI=1S/C15H20N4O/c1-10-13-8-12(9-16-14(13)19(2)18-10)17-15(20)11-6-4-3-5-7-11/h8-9,11H,3-7H2,1-2H3,(H,17,20). The van der Waals surface area contributed by atoms with Crippen LogP contribution < -0.4 is 5.32 Å². The van der Waals surface area contributed by atoms with Crippen LogP contribution in [0, 0.1) is 12.8 Å². The van der Waals surface area contributed by atoms with Gasteiger partial charge >= 0.3 is 0 Å². The monoisotopic (exact) mass is 272 g/mol. The van der Waals surface area contributed by atoms with Crippen LogP contribution in [0.25, 0.3) is 11.0 Å². The minimum absolute atomic E-state index is 0.132. The molecule has 106 valence electrons.